The van der Waals surface area contributed by atoms with E-state index in [1.807, 2.05) is 16.8 Å². The summed E-state index contributed by atoms with van der Waals surface area (Å²) in [4.78, 5) is 29.0. The molecule has 0 radical (unpaired) electrons. The van der Waals surface area contributed by atoms with E-state index < -0.39 is 12.0 Å². The molecule has 0 saturated carbocycles. The first-order chi connectivity index (χ1) is 9.73. The van der Waals surface area contributed by atoms with Crippen LogP contribution in [0, 0.1) is 5.92 Å². The van der Waals surface area contributed by atoms with Crippen LogP contribution in [-0.2, 0) is 4.79 Å². The molecule has 1 rings (SSSR count). The highest BCUT2D eigenvalue weighted by molar-refractivity contribution is 5.75. The van der Waals surface area contributed by atoms with Gasteiger partial charge in [0.2, 0.25) is 0 Å². The van der Waals surface area contributed by atoms with Crippen molar-refractivity contribution in [2.75, 3.05) is 33.2 Å². The Bertz CT molecular complexity index is 365. The predicted molar refractivity (Wildman–Crippen MR) is 82.3 cm³/mol. The second kappa shape index (κ2) is 7.64. The van der Waals surface area contributed by atoms with E-state index in [2.05, 4.69) is 20.8 Å². The Kier molecular flexibility index (Phi) is 6.45. The van der Waals surface area contributed by atoms with Crippen molar-refractivity contribution in [3.63, 3.8) is 0 Å². The van der Waals surface area contributed by atoms with E-state index in [-0.39, 0.29) is 12.1 Å². The molecule has 0 aromatic carbocycles. The Labute approximate surface area is 127 Å². The summed E-state index contributed by atoms with van der Waals surface area (Å²) in [6.07, 6.45) is 0.984. The van der Waals surface area contributed by atoms with Crippen LogP contribution in [0.5, 0.6) is 0 Å². The first-order valence-corrected chi connectivity index (χ1v) is 7.72. The van der Waals surface area contributed by atoms with Gasteiger partial charge in [-0.05, 0) is 26.2 Å². The van der Waals surface area contributed by atoms with Crippen LogP contribution in [0.25, 0.3) is 0 Å². The van der Waals surface area contributed by atoms with Crippen molar-refractivity contribution >= 4 is 12.0 Å². The van der Waals surface area contributed by atoms with Gasteiger partial charge in [-0.25, -0.2) is 4.79 Å². The quantitative estimate of drug-likeness (QED) is 0.837. The van der Waals surface area contributed by atoms with Crippen molar-refractivity contribution in [1.29, 1.82) is 0 Å². The molecule has 0 spiro atoms. The molecule has 2 unspecified atom stereocenters. The summed E-state index contributed by atoms with van der Waals surface area (Å²) in [6, 6.07) is -0.223. The third kappa shape index (κ3) is 4.88. The molecule has 2 amide bonds. The number of amides is 2. The average Bonchev–Trinajstić information content (AvgIpc) is 2.44. The number of aliphatic carboxylic acids is 1. The lowest BCUT2D eigenvalue weighted by molar-refractivity contribution is -0.143. The summed E-state index contributed by atoms with van der Waals surface area (Å²) in [5.41, 5.74) is 0. The molecule has 1 aliphatic heterocycles. The maximum atomic E-state index is 12.4. The molecule has 0 aromatic heterocycles. The van der Waals surface area contributed by atoms with Gasteiger partial charge in [-0.3, -0.25) is 9.69 Å². The smallest absolute Gasteiger partial charge is 0.320 e. The normalized spacial score (nSPS) is 19.4. The molecule has 1 heterocycles. The first-order valence-electron chi connectivity index (χ1n) is 7.72. The summed E-state index contributed by atoms with van der Waals surface area (Å²) in [7, 11) is 1.85. The van der Waals surface area contributed by atoms with E-state index in [0.29, 0.717) is 32.1 Å². The fourth-order valence-corrected chi connectivity index (χ4v) is 2.71. The van der Waals surface area contributed by atoms with Gasteiger partial charge < -0.3 is 14.9 Å². The maximum absolute atomic E-state index is 12.4. The molecule has 0 aromatic rings. The van der Waals surface area contributed by atoms with Gasteiger partial charge in [0, 0.05) is 39.3 Å². The van der Waals surface area contributed by atoms with Crippen molar-refractivity contribution in [3.8, 4) is 0 Å². The molecule has 1 N–H and O–H groups in total. The monoisotopic (exact) mass is 299 g/mol. The lowest BCUT2D eigenvalue weighted by atomic mass is 10.0. The number of rotatable bonds is 5. The standard InChI is InChI=1S/C15H29N3O3/c1-11(2)10-12(3)16(5)15(21)18-8-6-17(7-9-18)13(4)14(19)20/h11-13H,6-10H2,1-5H3,(H,19,20). The van der Waals surface area contributed by atoms with Crippen LogP contribution in [0.1, 0.15) is 34.1 Å². The number of hydrogen-bond donors (Lipinski definition) is 1. The minimum Gasteiger partial charge on any atom is -0.480 e. The maximum Gasteiger partial charge on any atom is 0.320 e. The number of carbonyl (C=O) groups is 2. The zero-order valence-electron chi connectivity index (χ0n) is 13.9. The van der Waals surface area contributed by atoms with E-state index in [1.165, 1.54) is 0 Å². The molecule has 1 fully saturated rings. The van der Waals surface area contributed by atoms with Crippen molar-refractivity contribution in [2.45, 2.75) is 46.2 Å². The number of nitrogens with zero attached hydrogens (tertiary/aromatic N) is 3. The molecule has 1 saturated heterocycles. The van der Waals surface area contributed by atoms with Gasteiger partial charge in [0.05, 0.1) is 0 Å². The minimum atomic E-state index is -0.808. The summed E-state index contributed by atoms with van der Waals surface area (Å²) in [5, 5.41) is 9.02. The van der Waals surface area contributed by atoms with E-state index in [0.717, 1.165) is 6.42 Å². The molecule has 1 aliphatic rings. The van der Waals surface area contributed by atoms with Gasteiger partial charge in [-0.15, -0.1) is 0 Å². The SMILES string of the molecule is CC(C)CC(C)N(C)C(=O)N1CCN(C(C)C(=O)O)CC1. The molecule has 21 heavy (non-hydrogen) atoms. The lowest BCUT2D eigenvalue weighted by Gasteiger charge is -2.39. The van der Waals surface area contributed by atoms with E-state index in [4.69, 9.17) is 5.11 Å². The zero-order valence-corrected chi connectivity index (χ0v) is 13.9. The van der Waals surface area contributed by atoms with E-state index in [9.17, 15) is 9.59 Å². The van der Waals surface area contributed by atoms with Crippen LogP contribution >= 0.6 is 0 Å². The highest BCUT2D eigenvalue weighted by atomic mass is 16.4. The van der Waals surface area contributed by atoms with Gasteiger partial charge in [-0.1, -0.05) is 13.8 Å². The number of carboxylic acids is 1. The van der Waals surface area contributed by atoms with Crippen LogP contribution < -0.4 is 0 Å². The predicted octanol–water partition coefficient (Wildman–Crippen LogP) is 1.56. The van der Waals surface area contributed by atoms with Crippen LogP contribution in [-0.4, -0.2) is 77.1 Å². The zero-order chi connectivity index (χ0) is 16.2. The number of carbonyl (C=O) groups excluding carboxylic acids is 1. The van der Waals surface area contributed by atoms with E-state index in [1.54, 1.807) is 11.8 Å². The van der Waals surface area contributed by atoms with E-state index >= 15 is 0 Å². The van der Waals surface area contributed by atoms with Crippen molar-refractivity contribution in [1.82, 2.24) is 14.7 Å². The molecular formula is C15H29N3O3. The molecule has 122 valence electrons. The molecule has 0 aliphatic carbocycles. The first kappa shape index (κ1) is 17.8. The molecule has 2 atom stereocenters. The van der Waals surface area contributed by atoms with Crippen molar-refractivity contribution in [3.05, 3.63) is 0 Å². The highest BCUT2D eigenvalue weighted by Gasteiger charge is 2.29. The molecule has 6 heteroatoms. The van der Waals surface area contributed by atoms with Gasteiger partial charge in [0.25, 0.3) is 0 Å². The lowest BCUT2D eigenvalue weighted by Crippen LogP contribution is -2.56. The number of hydrogen-bond acceptors (Lipinski definition) is 3. The van der Waals surface area contributed by atoms with Gasteiger partial charge in [0.15, 0.2) is 0 Å². The Hall–Kier alpha value is -1.30. The summed E-state index contributed by atoms with van der Waals surface area (Å²) in [5.74, 6) is -0.249. The van der Waals surface area contributed by atoms with Crippen LogP contribution in [0.3, 0.4) is 0 Å². The van der Waals surface area contributed by atoms with Crippen LogP contribution in [0.4, 0.5) is 4.79 Å². The second-order valence-corrected chi connectivity index (χ2v) is 6.41. The van der Waals surface area contributed by atoms with Crippen LogP contribution in [0.15, 0.2) is 0 Å². The Morgan fingerprint density at radius 1 is 1.10 bits per heavy atom. The third-order valence-electron chi connectivity index (χ3n) is 4.27. The highest BCUT2D eigenvalue weighted by Crippen LogP contribution is 2.14. The summed E-state index contributed by atoms with van der Waals surface area (Å²) >= 11 is 0. The van der Waals surface area contributed by atoms with Crippen LogP contribution in [0.2, 0.25) is 0 Å². The fraction of sp³-hybridized carbons (Fsp3) is 0.867. The largest absolute Gasteiger partial charge is 0.480 e. The summed E-state index contributed by atoms with van der Waals surface area (Å²) in [6.45, 7) is 10.5. The molecule has 6 nitrogen and oxygen atoms in total. The second-order valence-electron chi connectivity index (χ2n) is 6.41. The van der Waals surface area contributed by atoms with Gasteiger partial charge in [0.1, 0.15) is 6.04 Å². The number of carboxylic acid groups (broad SMARTS) is 1. The fourth-order valence-electron chi connectivity index (χ4n) is 2.71. The average molecular weight is 299 g/mol. The van der Waals surface area contributed by atoms with Gasteiger partial charge in [-0.2, -0.15) is 0 Å². The third-order valence-corrected chi connectivity index (χ3v) is 4.27. The van der Waals surface area contributed by atoms with Gasteiger partial charge >= 0.3 is 12.0 Å². The Morgan fingerprint density at radius 2 is 1.62 bits per heavy atom. The Balaban J connectivity index is 2.50. The minimum absolute atomic E-state index is 0.0470. The number of piperazine rings is 1. The molecule has 0 bridgehead atoms. The molecular weight excluding hydrogens is 270 g/mol. The Morgan fingerprint density at radius 3 is 2.05 bits per heavy atom. The number of urea groups is 1. The van der Waals surface area contributed by atoms with Crippen molar-refractivity contribution < 1.29 is 14.7 Å². The van der Waals surface area contributed by atoms with Crippen molar-refractivity contribution in [2.24, 2.45) is 5.92 Å². The topological polar surface area (TPSA) is 64.1 Å². The summed E-state index contributed by atoms with van der Waals surface area (Å²) < 4.78 is 0.